The molecule has 1 aliphatic rings. The van der Waals surface area contributed by atoms with Crippen LogP contribution in [0.1, 0.15) is 38.4 Å². The predicted octanol–water partition coefficient (Wildman–Crippen LogP) is 1.29. The lowest BCUT2D eigenvalue weighted by atomic mass is 9.80. The minimum atomic E-state index is -0.218. The Morgan fingerprint density at radius 2 is 2.09 bits per heavy atom. The van der Waals surface area contributed by atoms with Crippen LogP contribution in [0.3, 0.4) is 0 Å². The fraction of sp³-hybridized carbons (Fsp3) is 0.625. The van der Waals surface area contributed by atoms with E-state index in [4.69, 9.17) is 4.52 Å². The summed E-state index contributed by atoms with van der Waals surface area (Å²) in [6.45, 7) is 11.0. The van der Waals surface area contributed by atoms with Gasteiger partial charge in [-0.25, -0.2) is 0 Å². The summed E-state index contributed by atoms with van der Waals surface area (Å²) in [5.74, 6) is 1.01. The Bertz CT molecular complexity index is 588. The van der Waals surface area contributed by atoms with Gasteiger partial charge >= 0.3 is 0 Å². The van der Waals surface area contributed by atoms with Crippen LogP contribution in [0.2, 0.25) is 0 Å². The van der Waals surface area contributed by atoms with Gasteiger partial charge in [-0.15, -0.1) is 0 Å². The fourth-order valence-electron chi connectivity index (χ4n) is 2.74. The van der Waals surface area contributed by atoms with Crippen LogP contribution in [0.15, 0.2) is 17.2 Å². The molecule has 0 bridgehead atoms. The summed E-state index contributed by atoms with van der Waals surface area (Å²) >= 11 is 0. The number of hydrogen-bond acceptors (Lipinski definition) is 5. The lowest BCUT2D eigenvalue weighted by Crippen LogP contribution is -2.48. The summed E-state index contributed by atoms with van der Waals surface area (Å²) in [4.78, 5) is 31.7. The summed E-state index contributed by atoms with van der Waals surface area (Å²) in [6, 6.07) is 0. The first kappa shape index (κ1) is 17.2. The molecule has 0 aliphatic carbocycles. The molecule has 126 valence electrons. The van der Waals surface area contributed by atoms with Crippen molar-refractivity contribution in [3.8, 4) is 0 Å². The second-order valence-corrected chi connectivity index (χ2v) is 6.14. The molecular formula is C16H24N4O3. The molecule has 0 N–H and O–H groups in total. The van der Waals surface area contributed by atoms with Crippen molar-refractivity contribution in [2.24, 2.45) is 0 Å². The van der Waals surface area contributed by atoms with Crippen molar-refractivity contribution >= 4 is 11.8 Å². The molecule has 1 fully saturated rings. The van der Waals surface area contributed by atoms with E-state index in [1.54, 1.807) is 11.8 Å². The minimum Gasteiger partial charge on any atom is -0.341 e. The molecule has 23 heavy (non-hydrogen) atoms. The molecule has 1 aliphatic heterocycles. The lowest BCUT2D eigenvalue weighted by molar-refractivity contribution is -0.139. The van der Waals surface area contributed by atoms with Gasteiger partial charge < -0.3 is 14.3 Å². The number of amides is 2. The standard InChI is InChI=1S/C16H24N4O3/c1-5-13(21)19(6-2)11-14(22)20-9-7-16(4,8-10-20)15-17-12(3)18-23-15/h5H,1,6-11H2,2-4H3. The van der Waals surface area contributed by atoms with E-state index in [9.17, 15) is 9.59 Å². The third-order valence-electron chi connectivity index (χ3n) is 4.46. The van der Waals surface area contributed by atoms with Gasteiger partial charge in [-0.1, -0.05) is 18.7 Å². The van der Waals surface area contributed by atoms with Crippen LogP contribution in [0.5, 0.6) is 0 Å². The number of aromatic nitrogens is 2. The highest BCUT2D eigenvalue weighted by Crippen LogP contribution is 2.33. The number of carbonyl (C=O) groups is 2. The van der Waals surface area contributed by atoms with Crippen LogP contribution in [-0.4, -0.2) is 57.9 Å². The van der Waals surface area contributed by atoms with Crippen molar-refractivity contribution in [2.45, 2.75) is 39.0 Å². The Morgan fingerprint density at radius 3 is 2.57 bits per heavy atom. The number of nitrogens with zero attached hydrogens (tertiary/aromatic N) is 4. The zero-order valence-corrected chi connectivity index (χ0v) is 14.0. The second kappa shape index (κ2) is 6.93. The Morgan fingerprint density at radius 1 is 1.43 bits per heavy atom. The number of hydrogen-bond donors (Lipinski definition) is 0. The van der Waals surface area contributed by atoms with E-state index in [-0.39, 0.29) is 23.8 Å². The molecule has 2 heterocycles. The molecule has 7 heteroatoms. The fourth-order valence-corrected chi connectivity index (χ4v) is 2.74. The first-order chi connectivity index (χ1) is 10.9. The first-order valence-corrected chi connectivity index (χ1v) is 7.89. The van der Waals surface area contributed by atoms with Crippen LogP contribution < -0.4 is 0 Å². The minimum absolute atomic E-state index is 0.0363. The summed E-state index contributed by atoms with van der Waals surface area (Å²) in [5.41, 5.74) is -0.195. The van der Waals surface area contributed by atoms with Crippen LogP contribution in [-0.2, 0) is 15.0 Å². The van der Waals surface area contributed by atoms with Crippen LogP contribution >= 0.6 is 0 Å². The molecule has 0 unspecified atom stereocenters. The van der Waals surface area contributed by atoms with Gasteiger partial charge in [-0.3, -0.25) is 9.59 Å². The third kappa shape index (κ3) is 3.78. The van der Waals surface area contributed by atoms with E-state index >= 15 is 0 Å². The highest BCUT2D eigenvalue weighted by Gasteiger charge is 2.37. The molecule has 1 aromatic rings. The topological polar surface area (TPSA) is 79.5 Å². The van der Waals surface area contributed by atoms with Crippen LogP contribution in [0.25, 0.3) is 0 Å². The summed E-state index contributed by atoms with van der Waals surface area (Å²) in [6.07, 6.45) is 2.77. The molecular weight excluding hydrogens is 296 g/mol. The number of aryl methyl sites for hydroxylation is 1. The molecule has 0 saturated carbocycles. The predicted molar refractivity (Wildman–Crippen MR) is 84.7 cm³/mol. The van der Waals surface area contributed by atoms with Crippen molar-refractivity contribution < 1.29 is 14.1 Å². The van der Waals surface area contributed by atoms with Crippen molar-refractivity contribution in [2.75, 3.05) is 26.2 Å². The van der Waals surface area contributed by atoms with E-state index in [0.717, 1.165) is 12.8 Å². The number of piperidine rings is 1. The largest absolute Gasteiger partial charge is 0.341 e. The van der Waals surface area contributed by atoms with Gasteiger partial charge in [0.1, 0.15) is 0 Å². The Hall–Kier alpha value is -2.18. The summed E-state index contributed by atoms with van der Waals surface area (Å²) in [5, 5.41) is 3.85. The normalized spacial score (nSPS) is 16.9. The van der Waals surface area contributed by atoms with Crippen LogP contribution in [0, 0.1) is 6.92 Å². The van der Waals surface area contributed by atoms with Gasteiger partial charge in [0.15, 0.2) is 5.82 Å². The molecule has 2 rings (SSSR count). The third-order valence-corrected chi connectivity index (χ3v) is 4.46. The smallest absolute Gasteiger partial charge is 0.246 e. The Labute approximate surface area is 136 Å². The molecule has 0 atom stereocenters. The Kier molecular flexibility index (Phi) is 5.18. The van der Waals surface area contributed by atoms with Gasteiger partial charge in [0.25, 0.3) is 0 Å². The second-order valence-electron chi connectivity index (χ2n) is 6.14. The first-order valence-electron chi connectivity index (χ1n) is 7.89. The summed E-state index contributed by atoms with van der Waals surface area (Å²) in [7, 11) is 0. The molecule has 0 spiro atoms. The van der Waals surface area contributed by atoms with Gasteiger partial charge in [-0.2, -0.15) is 4.98 Å². The number of likely N-dealkylation sites (tertiary alicyclic amines) is 1. The average molecular weight is 320 g/mol. The monoisotopic (exact) mass is 320 g/mol. The molecule has 1 aromatic heterocycles. The number of likely N-dealkylation sites (N-methyl/N-ethyl adjacent to an activating group) is 1. The maximum atomic E-state index is 12.4. The van der Waals surface area contributed by atoms with Gasteiger partial charge in [0.2, 0.25) is 17.7 Å². The number of rotatable bonds is 5. The summed E-state index contributed by atoms with van der Waals surface area (Å²) < 4.78 is 5.30. The maximum absolute atomic E-state index is 12.4. The highest BCUT2D eigenvalue weighted by atomic mass is 16.5. The van der Waals surface area contributed by atoms with Gasteiger partial charge in [0.05, 0.1) is 12.0 Å². The molecule has 1 saturated heterocycles. The van der Waals surface area contributed by atoms with E-state index in [0.29, 0.717) is 31.3 Å². The maximum Gasteiger partial charge on any atom is 0.246 e. The zero-order valence-electron chi connectivity index (χ0n) is 14.0. The highest BCUT2D eigenvalue weighted by molar-refractivity contribution is 5.90. The van der Waals surface area contributed by atoms with Gasteiger partial charge in [0, 0.05) is 19.6 Å². The van der Waals surface area contributed by atoms with Crippen LogP contribution in [0.4, 0.5) is 0 Å². The molecule has 0 radical (unpaired) electrons. The van der Waals surface area contributed by atoms with E-state index in [2.05, 4.69) is 23.6 Å². The van der Waals surface area contributed by atoms with E-state index < -0.39 is 0 Å². The van der Waals surface area contributed by atoms with E-state index in [1.165, 1.54) is 11.0 Å². The van der Waals surface area contributed by atoms with Crippen molar-refractivity contribution in [1.29, 1.82) is 0 Å². The van der Waals surface area contributed by atoms with Crippen molar-refractivity contribution in [3.05, 3.63) is 24.4 Å². The Balaban J connectivity index is 1.94. The van der Waals surface area contributed by atoms with Gasteiger partial charge in [-0.05, 0) is 32.8 Å². The molecule has 2 amide bonds. The quantitative estimate of drug-likeness (QED) is 0.764. The zero-order chi connectivity index (χ0) is 17.0. The molecule has 0 aromatic carbocycles. The van der Waals surface area contributed by atoms with Crippen molar-refractivity contribution in [3.63, 3.8) is 0 Å². The number of carbonyl (C=O) groups excluding carboxylic acids is 2. The average Bonchev–Trinajstić information content (AvgIpc) is 2.99. The SMILES string of the molecule is C=CC(=O)N(CC)CC(=O)N1CCC(C)(c2nc(C)no2)CC1. The molecule has 7 nitrogen and oxygen atoms in total. The van der Waals surface area contributed by atoms with E-state index in [1.807, 2.05) is 6.92 Å². The lowest BCUT2D eigenvalue weighted by Gasteiger charge is -2.37. The van der Waals surface area contributed by atoms with Crippen molar-refractivity contribution in [1.82, 2.24) is 19.9 Å².